The number of carbonyl (C=O) groups is 1. The predicted molar refractivity (Wildman–Crippen MR) is 118 cm³/mol. The second kappa shape index (κ2) is 8.66. The zero-order valence-electron chi connectivity index (χ0n) is 16.7. The molecule has 29 heavy (non-hydrogen) atoms. The Hall–Kier alpha value is -2.86. The molecule has 0 atom stereocenters. The number of fused-ring (bicyclic) bond motifs is 1. The van der Waals surface area contributed by atoms with Gasteiger partial charge in [-0.25, -0.2) is 9.97 Å². The molecule has 1 aliphatic heterocycles. The van der Waals surface area contributed by atoms with Crippen LogP contribution in [0.25, 0.3) is 0 Å². The molecule has 6 heteroatoms. The number of nitrogens with zero attached hydrogens (tertiary/aromatic N) is 3. The minimum Gasteiger partial charge on any atom is -0.352 e. The summed E-state index contributed by atoms with van der Waals surface area (Å²) in [5, 5.41) is 3.59. The number of aromatic nitrogens is 2. The van der Waals surface area contributed by atoms with Crippen molar-refractivity contribution in [1.29, 1.82) is 0 Å². The smallest absolute Gasteiger partial charge is 0.234 e. The van der Waals surface area contributed by atoms with Crippen molar-refractivity contribution in [3.8, 4) is 0 Å². The second-order valence-corrected chi connectivity index (χ2v) is 8.24. The van der Waals surface area contributed by atoms with Gasteiger partial charge in [-0.2, -0.15) is 0 Å². The summed E-state index contributed by atoms with van der Waals surface area (Å²) in [4.78, 5) is 23.6. The van der Waals surface area contributed by atoms with E-state index in [4.69, 9.17) is 0 Å². The molecule has 0 fully saturated rings. The summed E-state index contributed by atoms with van der Waals surface area (Å²) in [5.74, 6) is 1.13. The van der Waals surface area contributed by atoms with E-state index in [9.17, 15) is 4.79 Å². The molecule has 0 bridgehead atoms. The Labute approximate surface area is 175 Å². The van der Waals surface area contributed by atoms with Crippen LogP contribution in [0.15, 0.2) is 59.9 Å². The maximum absolute atomic E-state index is 12.3. The van der Waals surface area contributed by atoms with E-state index in [2.05, 4.69) is 50.5 Å². The van der Waals surface area contributed by atoms with Crippen molar-refractivity contribution >= 4 is 29.2 Å². The molecular weight excluding hydrogens is 380 g/mol. The quantitative estimate of drug-likeness (QED) is 0.505. The lowest BCUT2D eigenvalue weighted by atomic mass is 10.00. The molecule has 0 aliphatic carbocycles. The van der Waals surface area contributed by atoms with Crippen LogP contribution in [0.4, 0.5) is 11.5 Å². The van der Waals surface area contributed by atoms with Crippen molar-refractivity contribution in [3.63, 3.8) is 0 Å². The van der Waals surface area contributed by atoms with Gasteiger partial charge in [0.1, 0.15) is 5.82 Å². The van der Waals surface area contributed by atoms with E-state index in [1.165, 1.54) is 28.5 Å². The van der Waals surface area contributed by atoms with Gasteiger partial charge >= 0.3 is 0 Å². The van der Waals surface area contributed by atoms with Crippen LogP contribution in [0.2, 0.25) is 0 Å². The highest BCUT2D eigenvalue weighted by Gasteiger charge is 2.17. The van der Waals surface area contributed by atoms with Crippen molar-refractivity contribution in [2.45, 2.75) is 32.0 Å². The molecule has 1 aliphatic rings. The third-order valence-corrected chi connectivity index (χ3v) is 5.92. The fourth-order valence-electron chi connectivity index (χ4n) is 3.54. The number of amides is 1. The third-order valence-electron chi connectivity index (χ3n) is 5.06. The molecule has 0 radical (unpaired) electrons. The summed E-state index contributed by atoms with van der Waals surface area (Å²) in [7, 11) is 0. The van der Waals surface area contributed by atoms with Crippen LogP contribution in [0.3, 0.4) is 0 Å². The summed E-state index contributed by atoms with van der Waals surface area (Å²) < 4.78 is 0. The lowest BCUT2D eigenvalue weighted by Gasteiger charge is -2.29. The zero-order chi connectivity index (χ0) is 20.2. The fraction of sp³-hybridized carbons (Fsp3) is 0.261. The average molecular weight is 405 g/mol. The Morgan fingerprint density at radius 1 is 1.14 bits per heavy atom. The molecule has 0 unspecified atom stereocenters. The highest BCUT2D eigenvalue weighted by molar-refractivity contribution is 7.99. The van der Waals surface area contributed by atoms with Crippen molar-refractivity contribution in [3.05, 3.63) is 77.0 Å². The topological polar surface area (TPSA) is 58.1 Å². The molecule has 3 aromatic rings. The van der Waals surface area contributed by atoms with Crippen LogP contribution in [-0.4, -0.2) is 28.2 Å². The summed E-state index contributed by atoms with van der Waals surface area (Å²) in [6.07, 6.45) is 2.79. The Morgan fingerprint density at radius 2 is 1.97 bits per heavy atom. The van der Waals surface area contributed by atoms with Crippen LogP contribution in [0.1, 0.15) is 22.3 Å². The molecule has 5 nitrogen and oxygen atoms in total. The Balaban J connectivity index is 1.37. The van der Waals surface area contributed by atoms with Crippen molar-refractivity contribution in [2.75, 3.05) is 22.5 Å². The maximum atomic E-state index is 12.3. The second-order valence-electron chi connectivity index (χ2n) is 7.29. The van der Waals surface area contributed by atoms with Crippen LogP contribution in [0, 0.1) is 13.8 Å². The number of hydrogen-bond acceptors (Lipinski definition) is 5. The van der Waals surface area contributed by atoms with Gasteiger partial charge in [-0.1, -0.05) is 53.7 Å². The van der Waals surface area contributed by atoms with Crippen molar-refractivity contribution < 1.29 is 4.79 Å². The lowest BCUT2D eigenvalue weighted by Crippen LogP contribution is -2.31. The third kappa shape index (κ3) is 4.77. The van der Waals surface area contributed by atoms with E-state index in [0.717, 1.165) is 36.6 Å². The molecule has 0 saturated carbocycles. The van der Waals surface area contributed by atoms with Gasteiger partial charge in [0.2, 0.25) is 5.91 Å². The summed E-state index contributed by atoms with van der Waals surface area (Å²) in [6, 6.07) is 16.5. The van der Waals surface area contributed by atoms with E-state index in [0.29, 0.717) is 5.16 Å². The minimum atomic E-state index is -0.0529. The van der Waals surface area contributed by atoms with Gasteiger partial charge in [0.05, 0.1) is 5.75 Å². The van der Waals surface area contributed by atoms with Crippen LogP contribution < -0.4 is 10.2 Å². The van der Waals surface area contributed by atoms with Crippen LogP contribution in [0.5, 0.6) is 0 Å². The highest BCUT2D eigenvalue weighted by Crippen LogP contribution is 2.24. The van der Waals surface area contributed by atoms with Crippen molar-refractivity contribution in [2.24, 2.45) is 0 Å². The van der Waals surface area contributed by atoms with Gasteiger partial charge in [0.15, 0.2) is 5.16 Å². The van der Waals surface area contributed by atoms with E-state index in [-0.39, 0.29) is 11.7 Å². The highest BCUT2D eigenvalue weighted by atomic mass is 32.2. The molecule has 0 spiro atoms. The maximum Gasteiger partial charge on any atom is 0.234 e. The number of hydrogen-bond donors (Lipinski definition) is 1. The predicted octanol–water partition coefficient (Wildman–Crippen LogP) is 4.39. The first kappa shape index (κ1) is 19.5. The van der Waals surface area contributed by atoms with Gasteiger partial charge < -0.3 is 10.2 Å². The average Bonchev–Trinajstić information content (AvgIpc) is 2.74. The zero-order valence-corrected chi connectivity index (χ0v) is 17.5. The van der Waals surface area contributed by atoms with Crippen LogP contribution >= 0.6 is 11.8 Å². The minimum absolute atomic E-state index is 0.0529. The summed E-state index contributed by atoms with van der Waals surface area (Å²) >= 11 is 1.36. The standard InChI is InChI=1S/C23H24N4OS/c1-16-7-8-20(17(2)13-16)25-22(28)15-29-23-24-11-9-21(26-23)27-12-10-18-5-3-4-6-19(18)14-27/h3-9,11,13H,10,12,14-15H2,1-2H3,(H,25,28). The lowest BCUT2D eigenvalue weighted by molar-refractivity contribution is -0.113. The first-order valence-electron chi connectivity index (χ1n) is 9.73. The molecule has 1 N–H and O–H groups in total. The first-order chi connectivity index (χ1) is 14.1. The van der Waals surface area contributed by atoms with Gasteiger partial charge in [0.25, 0.3) is 0 Å². The number of benzene rings is 2. The molecule has 1 aromatic heterocycles. The summed E-state index contributed by atoms with van der Waals surface area (Å²) in [5.41, 5.74) is 5.85. The van der Waals surface area contributed by atoms with Gasteiger partial charge in [0, 0.05) is 25.0 Å². The molecule has 4 rings (SSSR count). The molecule has 2 heterocycles. The molecule has 2 aromatic carbocycles. The van der Waals surface area contributed by atoms with Crippen LogP contribution in [-0.2, 0) is 17.8 Å². The van der Waals surface area contributed by atoms with Gasteiger partial charge in [-0.3, -0.25) is 4.79 Å². The molecule has 0 saturated heterocycles. The van der Waals surface area contributed by atoms with E-state index in [1.54, 1.807) is 6.20 Å². The number of anilines is 2. The number of rotatable bonds is 5. The van der Waals surface area contributed by atoms with Crippen molar-refractivity contribution in [1.82, 2.24) is 9.97 Å². The first-order valence-corrected chi connectivity index (χ1v) is 10.7. The van der Waals surface area contributed by atoms with Gasteiger partial charge in [-0.05, 0) is 49.1 Å². The molecule has 148 valence electrons. The number of nitrogens with one attached hydrogen (secondary N) is 1. The van der Waals surface area contributed by atoms with E-state index >= 15 is 0 Å². The Kier molecular flexibility index (Phi) is 5.81. The number of thioether (sulfide) groups is 1. The summed E-state index contributed by atoms with van der Waals surface area (Å²) in [6.45, 7) is 5.83. The van der Waals surface area contributed by atoms with E-state index in [1.807, 2.05) is 32.0 Å². The van der Waals surface area contributed by atoms with E-state index < -0.39 is 0 Å². The molecular formula is C23H24N4OS. The molecule has 1 amide bonds. The fourth-order valence-corrected chi connectivity index (χ4v) is 4.16. The Bertz CT molecular complexity index is 1040. The SMILES string of the molecule is Cc1ccc(NC(=O)CSc2nccc(N3CCc4ccccc4C3)n2)c(C)c1. The largest absolute Gasteiger partial charge is 0.352 e. The Morgan fingerprint density at radius 3 is 2.79 bits per heavy atom. The monoisotopic (exact) mass is 404 g/mol. The number of carbonyl (C=O) groups excluding carboxylic acids is 1. The van der Waals surface area contributed by atoms with Gasteiger partial charge in [-0.15, -0.1) is 0 Å². The number of aryl methyl sites for hydroxylation is 2. The normalized spacial score (nSPS) is 13.1.